The molecule has 9 rings (SSSR count). The van der Waals surface area contributed by atoms with Crippen molar-refractivity contribution in [3.8, 4) is 39.1 Å². The van der Waals surface area contributed by atoms with E-state index in [4.69, 9.17) is 11.0 Å². The van der Waals surface area contributed by atoms with Gasteiger partial charge in [-0.3, -0.25) is 0 Å². The van der Waals surface area contributed by atoms with Gasteiger partial charge in [0.05, 0.1) is 27.7 Å². The minimum Gasteiger partial charge on any atom is -0.311 e. The molecule has 9 aromatic rings. The molecule has 0 fully saturated rings. The lowest BCUT2D eigenvalue weighted by molar-refractivity contribution is 1.18. The Hall–Kier alpha value is -6.64. The fraction of sp³-hybridized carbons (Fsp3) is 0. The van der Waals surface area contributed by atoms with Crippen LogP contribution in [0.1, 0.15) is 11.0 Å². The van der Waals surface area contributed by atoms with E-state index in [-0.39, 0.29) is 46.0 Å². The third-order valence-corrected chi connectivity index (χ3v) is 9.08. The van der Waals surface area contributed by atoms with E-state index in [0.717, 1.165) is 44.9 Å². The highest BCUT2D eigenvalue weighted by molar-refractivity contribution is 6.09. The summed E-state index contributed by atoms with van der Waals surface area (Å²) in [5.74, 6) is 0. The molecule has 0 N–H and O–H groups in total. The molecule has 2 heteroatoms. The average Bonchev–Trinajstić information content (AvgIpc) is 3.64. The Bertz CT molecular complexity index is 2840. The van der Waals surface area contributed by atoms with Gasteiger partial charge in [-0.2, -0.15) is 0 Å². The lowest BCUT2D eigenvalue weighted by atomic mass is 10.0. The number of rotatable bonds is 7. The van der Waals surface area contributed by atoms with Crippen molar-refractivity contribution in [3.05, 3.63) is 206 Å². The van der Waals surface area contributed by atoms with Crippen LogP contribution < -0.4 is 4.90 Å². The van der Waals surface area contributed by atoms with E-state index >= 15 is 0 Å². The first kappa shape index (κ1) is 22.1. The van der Waals surface area contributed by atoms with E-state index in [1.165, 1.54) is 0 Å². The number of aromatic nitrogens is 1. The Labute approximate surface area is 304 Å². The molecule has 0 bridgehead atoms. The Morgan fingerprint density at radius 3 is 1.22 bits per heavy atom. The van der Waals surface area contributed by atoms with Gasteiger partial charge < -0.3 is 9.47 Å². The number of hydrogen-bond acceptors (Lipinski definition) is 1. The Morgan fingerprint density at radius 1 is 0.360 bits per heavy atom. The highest BCUT2D eigenvalue weighted by Crippen LogP contribution is 2.40. The molecule has 0 spiro atoms. The molecule has 0 saturated carbocycles. The predicted octanol–water partition coefficient (Wildman–Crippen LogP) is 13.3. The van der Waals surface area contributed by atoms with Gasteiger partial charge in [-0.05, 0) is 82.4 Å². The molecule has 0 radical (unpaired) electrons. The van der Waals surface area contributed by atoms with Crippen molar-refractivity contribution in [3.63, 3.8) is 0 Å². The number of benzene rings is 8. The molecule has 0 atom stereocenters. The van der Waals surface area contributed by atoms with E-state index in [1.54, 1.807) is 10.6 Å². The molecular weight excluding hydrogens is 605 g/mol. The van der Waals surface area contributed by atoms with Crippen LogP contribution in [0.3, 0.4) is 0 Å². The van der Waals surface area contributed by atoms with Crippen molar-refractivity contribution in [1.29, 1.82) is 0 Å². The molecule has 1 aromatic heterocycles. The van der Waals surface area contributed by atoms with Gasteiger partial charge >= 0.3 is 0 Å². The average molecular weight is 647 g/mol. The second-order valence-corrected chi connectivity index (χ2v) is 12.0. The van der Waals surface area contributed by atoms with Crippen LogP contribution in [0.4, 0.5) is 17.1 Å². The molecule has 50 heavy (non-hydrogen) atoms. The summed E-state index contributed by atoms with van der Waals surface area (Å²) in [4.78, 5) is 2.19. The second kappa shape index (κ2) is 12.8. The quantitative estimate of drug-likeness (QED) is 0.167. The predicted molar refractivity (Wildman–Crippen MR) is 212 cm³/mol. The van der Waals surface area contributed by atoms with Crippen LogP contribution in [0, 0.1) is 0 Å². The van der Waals surface area contributed by atoms with Gasteiger partial charge in [0.2, 0.25) is 0 Å². The number of para-hydroxylation sites is 3. The summed E-state index contributed by atoms with van der Waals surface area (Å²) >= 11 is 0. The molecule has 0 aliphatic heterocycles. The van der Waals surface area contributed by atoms with E-state index in [1.807, 2.05) is 78.9 Å². The Balaban J connectivity index is 1.19. The molecule has 0 saturated heterocycles. The van der Waals surface area contributed by atoms with Crippen LogP contribution >= 0.6 is 0 Å². The maximum atomic E-state index is 9.00. The van der Waals surface area contributed by atoms with Gasteiger partial charge in [-0.25, -0.2) is 0 Å². The highest BCUT2D eigenvalue weighted by Gasteiger charge is 2.17. The van der Waals surface area contributed by atoms with Crippen molar-refractivity contribution in [2.75, 3.05) is 4.90 Å². The second-order valence-electron chi connectivity index (χ2n) is 12.0. The van der Waals surface area contributed by atoms with Crippen LogP contribution in [0.5, 0.6) is 0 Å². The summed E-state index contributed by atoms with van der Waals surface area (Å²) in [6.45, 7) is 0. The number of fused-ring (bicyclic) bond motifs is 3. The monoisotopic (exact) mass is 646 g/mol. The maximum Gasteiger partial charge on any atom is 0.0645 e. The van der Waals surface area contributed by atoms with Crippen LogP contribution in [0.15, 0.2) is 206 Å². The van der Waals surface area contributed by atoms with Crippen molar-refractivity contribution >= 4 is 38.9 Å². The van der Waals surface area contributed by atoms with Crippen molar-refractivity contribution in [1.82, 2.24) is 4.57 Å². The largest absolute Gasteiger partial charge is 0.311 e. The van der Waals surface area contributed by atoms with Gasteiger partial charge in [0, 0.05) is 33.4 Å². The smallest absolute Gasteiger partial charge is 0.0645 e. The lowest BCUT2D eigenvalue weighted by Gasteiger charge is -2.26. The number of anilines is 3. The molecule has 0 amide bonds. The summed E-state index contributed by atoms with van der Waals surface area (Å²) in [6, 6.07) is 49.7. The third-order valence-electron chi connectivity index (χ3n) is 9.08. The molecule has 8 aromatic carbocycles. The molecule has 0 aliphatic rings. The number of nitrogens with zero attached hydrogens (tertiary/aromatic N) is 2. The minimum absolute atomic E-state index is 0.0466. The van der Waals surface area contributed by atoms with Crippen molar-refractivity contribution < 1.29 is 11.0 Å². The third kappa shape index (κ3) is 5.34. The zero-order valence-corrected chi connectivity index (χ0v) is 26.9. The molecule has 1 heterocycles. The molecular formula is C48H34N2. The molecule has 0 aliphatic carbocycles. The standard InChI is InChI=1S/C48H34N2/c1-3-13-35(14-4-1)37-23-29-40(30-24-37)49(41-31-25-38(26-32-41)36-15-5-2-6-16-36)42-33-27-39(28-34-42)43-17-7-10-20-46(43)50-47-21-11-8-18-44(47)45-19-9-12-22-48(45)50/h1-34H/i8D,9D,11D,12D,18D,19D,21D,22D. The van der Waals surface area contributed by atoms with Crippen LogP contribution in [-0.4, -0.2) is 4.57 Å². The fourth-order valence-corrected chi connectivity index (χ4v) is 6.68. The normalized spacial score (nSPS) is 13.4. The summed E-state index contributed by atoms with van der Waals surface area (Å²) in [5.41, 5.74) is 9.50. The number of hydrogen-bond donors (Lipinski definition) is 0. The first-order chi connectivity index (χ1) is 28.1. The first-order valence-corrected chi connectivity index (χ1v) is 16.5. The summed E-state index contributed by atoms with van der Waals surface area (Å²) in [6.07, 6.45) is 0. The van der Waals surface area contributed by atoms with E-state index < -0.39 is 24.2 Å². The van der Waals surface area contributed by atoms with Crippen LogP contribution in [0.25, 0.3) is 60.9 Å². The van der Waals surface area contributed by atoms with Crippen molar-refractivity contribution in [2.45, 2.75) is 0 Å². The van der Waals surface area contributed by atoms with Gasteiger partial charge in [0.1, 0.15) is 0 Å². The van der Waals surface area contributed by atoms with Gasteiger partial charge in [-0.1, -0.05) is 152 Å². The minimum atomic E-state index is -0.471. The van der Waals surface area contributed by atoms with E-state index in [9.17, 15) is 0 Å². The fourth-order valence-electron chi connectivity index (χ4n) is 6.68. The summed E-state index contributed by atoms with van der Waals surface area (Å²) in [7, 11) is 0. The SMILES string of the molecule is [2H]c1c([2H])c([2H])c2c(c1[2H])c1c([2H])c([2H])c([2H])c([2H])c1n2-c1ccccc1-c1ccc(N(c2ccc(-c3ccccc3)cc2)c2ccc(-c3ccccc3)cc2)cc1. The first-order valence-electron chi connectivity index (χ1n) is 20.5. The molecule has 2 nitrogen and oxygen atoms in total. The zero-order valence-electron chi connectivity index (χ0n) is 34.9. The topological polar surface area (TPSA) is 8.17 Å². The van der Waals surface area contributed by atoms with E-state index in [0.29, 0.717) is 11.3 Å². The summed E-state index contributed by atoms with van der Waals surface area (Å²) < 4.78 is 71.2. The van der Waals surface area contributed by atoms with Gasteiger partial charge in [0.25, 0.3) is 0 Å². The van der Waals surface area contributed by atoms with Gasteiger partial charge in [-0.15, -0.1) is 0 Å². The zero-order chi connectivity index (χ0) is 40.2. The maximum absolute atomic E-state index is 9.00. The lowest BCUT2D eigenvalue weighted by Crippen LogP contribution is -2.09. The van der Waals surface area contributed by atoms with Crippen LogP contribution in [0.2, 0.25) is 0 Å². The molecule has 236 valence electrons. The van der Waals surface area contributed by atoms with E-state index in [2.05, 4.69) is 77.7 Å². The highest BCUT2D eigenvalue weighted by atomic mass is 15.1. The molecule has 0 unspecified atom stereocenters. The Kier molecular flexibility index (Phi) is 5.63. The van der Waals surface area contributed by atoms with Crippen molar-refractivity contribution in [2.24, 2.45) is 0 Å². The Morgan fingerprint density at radius 2 is 0.740 bits per heavy atom. The van der Waals surface area contributed by atoms with Gasteiger partial charge in [0.15, 0.2) is 0 Å². The summed E-state index contributed by atoms with van der Waals surface area (Å²) in [5, 5.41) is 0.0933. The van der Waals surface area contributed by atoms with Crippen LogP contribution in [-0.2, 0) is 0 Å².